The molecule has 3 aliphatic rings. The van der Waals surface area contributed by atoms with Gasteiger partial charge in [-0.1, -0.05) is 164 Å². The van der Waals surface area contributed by atoms with Gasteiger partial charge in [-0.3, -0.25) is 0 Å². The van der Waals surface area contributed by atoms with Crippen LogP contribution in [-0.4, -0.2) is 4.57 Å². The van der Waals surface area contributed by atoms with E-state index in [4.69, 9.17) is 0 Å². The smallest absolute Gasteiger partial charge is 0.129 e. The molecule has 9 aromatic rings. The summed E-state index contributed by atoms with van der Waals surface area (Å²) in [5.74, 6) is 0. The van der Waals surface area contributed by atoms with Crippen LogP contribution in [0.1, 0.15) is 40.0 Å². The molecule has 2 N–H and O–H groups in total. The number of benzene rings is 8. The first-order chi connectivity index (χ1) is 26.8. The average molecular weight is 690 g/mol. The highest BCUT2D eigenvalue weighted by molar-refractivity contribution is 6.12. The quantitative estimate of drug-likeness (QED) is 0.193. The summed E-state index contributed by atoms with van der Waals surface area (Å²) in [5, 5.41) is 10.6. The molecule has 0 amide bonds. The molecular weight excluding hydrogens is 655 g/mol. The lowest BCUT2D eigenvalue weighted by Crippen LogP contribution is -2.30. The fraction of sp³-hybridized carbons (Fsp3) is 0.0588. The van der Waals surface area contributed by atoms with Crippen molar-refractivity contribution in [2.75, 3.05) is 10.6 Å². The van der Waals surface area contributed by atoms with Crippen LogP contribution in [-0.2, 0) is 5.41 Å². The molecule has 0 saturated carbocycles. The zero-order valence-electron chi connectivity index (χ0n) is 29.5. The Morgan fingerprint density at radius 3 is 1.89 bits per heavy atom. The van der Waals surface area contributed by atoms with Crippen molar-refractivity contribution in [2.24, 2.45) is 0 Å². The first-order valence-electron chi connectivity index (χ1n) is 18.9. The van der Waals surface area contributed by atoms with Crippen molar-refractivity contribution < 1.29 is 0 Å². The Hall–Kier alpha value is -6.84. The standard InChI is InChI=1S/C51H35N3/c1-4-14-32(15-5-1)37-21-13-25-45-47(37)53-48-40-23-12-22-39-42-31-34(27-29-46(42)54(49(39)40)50(48)52-45)33-26-28-44-41(30-33)38-20-10-11-24-43(38)51(44,35-16-6-2-7-17-35)36-18-8-3-9-19-36/h1-31,48,50,52-53H. The van der Waals surface area contributed by atoms with Crippen molar-refractivity contribution >= 4 is 33.2 Å². The second kappa shape index (κ2) is 11.1. The van der Waals surface area contributed by atoms with E-state index in [0.717, 1.165) is 5.69 Å². The fourth-order valence-electron chi connectivity index (χ4n) is 10.1. The third-order valence-electron chi connectivity index (χ3n) is 12.3. The highest BCUT2D eigenvalue weighted by atomic mass is 15.3. The zero-order chi connectivity index (χ0) is 35.4. The van der Waals surface area contributed by atoms with Gasteiger partial charge in [0.2, 0.25) is 0 Å². The SMILES string of the molecule is c1ccc(-c2cccc3c2NC2c4cccc5c6cc(-c7ccc8c(c7)-c7ccccc7C8(c7ccccc7)c7ccccc7)ccc6n(c45)C2N3)cc1. The van der Waals surface area contributed by atoms with Gasteiger partial charge in [0.15, 0.2) is 0 Å². The van der Waals surface area contributed by atoms with E-state index < -0.39 is 5.41 Å². The van der Waals surface area contributed by atoms with Crippen LogP contribution >= 0.6 is 0 Å². The minimum atomic E-state index is -0.393. The van der Waals surface area contributed by atoms with Gasteiger partial charge in [0.25, 0.3) is 0 Å². The molecule has 2 unspecified atom stereocenters. The molecule has 254 valence electrons. The molecule has 2 aliphatic heterocycles. The number of hydrogen-bond donors (Lipinski definition) is 2. The first kappa shape index (κ1) is 29.7. The minimum absolute atomic E-state index is 0.0624. The monoisotopic (exact) mass is 689 g/mol. The van der Waals surface area contributed by atoms with Crippen LogP contribution < -0.4 is 10.6 Å². The Kier molecular flexibility index (Phi) is 6.10. The normalized spacial score (nSPS) is 17.0. The van der Waals surface area contributed by atoms with Gasteiger partial charge >= 0.3 is 0 Å². The summed E-state index contributed by atoms with van der Waals surface area (Å²) < 4.78 is 2.53. The zero-order valence-corrected chi connectivity index (χ0v) is 29.5. The molecule has 0 bridgehead atoms. The van der Waals surface area contributed by atoms with Crippen LogP contribution in [0, 0.1) is 0 Å². The second-order valence-electron chi connectivity index (χ2n) is 14.9. The van der Waals surface area contributed by atoms with E-state index in [1.54, 1.807) is 0 Å². The van der Waals surface area contributed by atoms with E-state index in [0.29, 0.717) is 0 Å². The Labute approximate surface area is 314 Å². The number of nitrogens with zero attached hydrogens (tertiary/aromatic N) is 1. The lowest BCUT2D eigenvalue weighted by atomic mass is 9.67. The van der Waals surface area contributed by atoms with Gasteiger partial charge in [-0.2, -0.15) is 0 Å². The number of nitrogens with one attached hydrogen (secondary N) is 2. The maximum Gasteiger partial charge on any atom is 0.129 e. The Bertz CT molecular complexity index is 2900. The number of anilines is 2. The molecule has 0 fully saturated rings. The first-order valence-corrected chi connectivity index (χ1v) is 18.9. The Morgan fingerprint density at radius 1 is 0.444 bits per heavy atom. The molecule has 2 atom stereocenters. The van der Waals surface area contributed by atoms with Gasteiger partial charge in [-0.15, -0.1) is 0 Å². The molecule has 3 heteroatoms. The highest BCUT2D eigenvalue weighted by Crippen LogP contribution is 2.57. The van der Waals surface area contributed by atoms with Crippen LogP contribution in [0.2, 0.25) is 0 Å². The molecule has 12 rings (SSSR count). The van der Waals surface area contributed by atoms with Gasteiger partial charge in [-0.05, 0) is 74.3 Å². The summed E-state index contributed by atoms with van der Waals surface area (Å²) in [7, 11) is 0. The molecule has 0 radical (unpaired) electrons. The number of hydrogen-bond acceptors (Lipinski definition) is 2. The summed E-state index contributed by atoms with van der Waals surface area (Å²) in [5.41, 5.74) is 18.6. The third-order valence-corrected chi connectivity index (χ3v) is 12.3. The largest absolute Gasteiger partial charge is 0.372 e. The summed E-state index contributed by atoms with van der Waals surface area (Å²) in [6.45, 7) is 0. The van der Waals surface area contributed by atoms with Gasteiger partial charge in [-0.25, -0.2) is 0 Å². The fourth-order valence-corrected chi connectivity index (χ4v) is 10.1. The van der Waals surface area contributed by atoms with E-state index in [2.05, 4.69) is 203 Å². The van der Waals surface area contributed by atoms with Gasteiger partial charge in [0.05, 0.1) is 33.9 Å². The maximum atomic E-state index is 4.00. The predicted octanol–water partition coefficient (Wildman–Crippen LogP) is 12.6. The molecule has 1 aromatic heterocycles. The highest BCUT2D eigenvalue weighted by Gasteiger charge is 2.46. The van der Waals surface area contributed by atoms with Crippen molar-refractivity contribution in [1.82, 2.24) is 4.57 Å². The molecule has 0 spiro atoms. The van der Waals surface area contributed by atoms with Crippen molar-refractivity contribution in [2.45, 2.75) is 17.6 Å². The van der Waals surface area contributed by atoms with Crippen molar-refractivity contribution in [1.29, 1.82) is 0 Å². The average Bonchev–Trinajstić information content (AvgIpc) is 3.86. The summed E-state index contributed by atoms with van der Waals surface area (Å²) >= 11 is 0. The predicted molar refractivity (Wildman–Crippen MR) is 223 cm³/mol. The number of para-hydroxylation sites is 2. The van der Waals surface area contributed by atoms with Crippen LogP contribution in [0.4, 0.5) is 11.4 Å². The van der Waals surface area contributed by atoms with E-state index in [9.17, 15) is 0 Å². The van der Waals surface area contributed by atoms with Crippen LogP contribution in [0.5, 0.6) is 0 Å². The number of aromatic nitrogens is 1. The van der Waals surface area contributed by atoms with E-state index >= 15 is 0 Å². The van der Waals surface area contributed by atoms with Gasteiger partial charge < -0.3 is 15.2 Å². The minimum Gasteiger partial charge on any atom is -0.372 e. The maximum absolute atomic E-state index is 4.00. The van der Waals surface area contributed by atoms with Crippen LogP contribution in [0.3, 0.4) is 0 Å². The van der Waals surface area contributed by atoms with E-state index in [1.165, 1.54) is 88.7 Å². The van der Waals surface area contributed by atoms with Gasteiger partial charge in [0, 0.05) is 21.9 Å². The summed E-state index contributed by atoms with van der Waals surface area (Å²) in [6, 6.07) is 69.5. The lowest BCUT2D eigenvalue weighted by Gasteiger charge is -2.35. The summed E-state index contributed by atoms with van der Waals surface area (Å²) in [4.78, 5) is 0. The number of rotatable bonds is 4. The molecule has 3 heterocycles. The van der Waals surface area contributed by atoms with Crippen LogP contribution in [0.15, 0.2) is 188 Å². The molecule has 0 saturated heterocycles. The Balaban J connectivity index is 0.999. The van der Waals surface area contributed by atoms with E-state index in [1.807, 2.05) is 0 Å². The van der Waals surface area contributed by atoms with Crippen molar-refractivity contribution in [3.05, 3.63) is 216 Å². The molecular formula is C51H35N3. The van der Waals surface area contributed by atoms with Crippen molar-refractivity contribution in [3.8, 4) is 33.4 Å². The topological polar surface area (TPSA) is 29.0 Å². The molecule has 8 aromatic carbocycles. The van der Waals surface area contributed by atoms with Crippen LogP contribution in [0.25, 0.3) is 55.2 Å². The molecule has 3 nitrogen and oxygen atoms in total. The van der Waals surface area contributed by atoms with E-state index in [-0.39, 0.29) is 12.2 Å². The lowest BCUT2D eigenvalue weighted by molar-refractivity contribution is 0.540. The Morgan fingerprint density at radius 2 is 1.09 bits per heavy atom. The second-order valence-corrected chi connectivity index (χ2v) is 14.9. The molecule has 1 aliphatic carbocycles. The summed E-state index contributed by atoms with van der Waals surface area (Å²) in [6.07, 6.45) is 0.0624. The van der Waals surface area contributed by atoms with Gasteiger partial charge in [0.1, 0.15) is 6.17 Å². The van der Waals surface area contributed by atoms with Crippen molar-refractivity contribution in [3.63, 3.8) is 0 Å². The third kappa shape index (κ3) is 3.91. The number of fused-ring (bicyclic) bond motifs is 10. The molecule has 54 heavy (non-hydrogen) atoms.